The highest BCUT2D eigenvalue weighted by Gasteiger charge is 2.25. The van der Waals surface area contributed by atoms with Crippen LogP contribution in [-0.4, -0.2) is 68.9 Å². The molecule has 0 aliphatic rings. The predicted molar refractivity (Wildman–Crippen MR) is 288 cm³/mol. The molecule has 75 heavy (non-hydrogen) atoms. The lowest BCUT2D eigenvalue weighted by Crippen LogP contribution is -2.04. The summed E-state index contributed by atoms with van der Waals surface area (Å²) in [7, 11) is 0. The molecule has 6 aromatic heterocycles. The summed E-state index contributed by atoms with van der Waals surface area (Å²) in [5.74, 6) is 7.21. The third kappa shape index (κ3) is 8.11. The first-order valence-corrected chi connectivity index (χ1v) is 24.2. The Labute approximate surface area is 430 Å². The molecule has 0 saturated heterocycles. The summed E-state index contributed by atoms with van der Waals surface area (Å²) in [6.45, 7) is 16.9. The highest BCUT2D eigenvalue weighted by atomic mass is 15.1. The molecule has 0 bridgehead atoms. The molecular formula is C59H44N16. The number of aromatic nitrogens is 14. The smallest absolute Gasteiger partial charge is 0.163 e. The van der Waals surface area contributed by atoms with Crippen LogP contribution in [0, 0.1) is 85.0 Å². The van der Waals surface area contributed by atoms with Crippen molar-refractivity contribution in [3.8, 4) is 80.2 Å². The maximum absolute atomic E-state index is 11.5. The quantitative estimate of drug-likeness (QED) is 0.145. The molecule has 0 aliphatic carbocycles. The highest BCUT2D eigenvalue weighted by molar-refractivity contribution is 6.13. The monoisotopic (exact) mass is 976 g/mol. The van der Waals surface area contributed by atoms with Crippen LogP contribution in [0.1, 0.15) is 63.3 Å². The fourth-order valence-corrected chi connectivity index (χ4v) is 10.4. The van der Waals surface area contributed by atoms with Crippen molar-refractivity contribution in [2.75, 3.05) is 0 Å². The Morgan fingerprint density at radius 1 is 0.320 bits per heavy atom. The van der Waals surface area contributed by atoms with E-state index in [1.54, 1.807) is 0 Å². The van der Waals surface area contributed by atoms with Crippen molar-refractivity contribution in [2.45, 2.75) is 62.3 Å². The van der Waals surface area contributed by atoms with Gasteiger partial charge in [0.2, 0.25) is 0 Å². The lowest BCUT2D eigenvalue weighted by molar-refractivity contribution is 0.928. The zero-order valence-corrected chi connectivity index (χ0v) is 42.5. The lowest BCUT2D eigenvalue weighted by atomic mass is 9.96. The summed E-state index contributed by atoms with van der Waals surface area (Å²) in [5, 5.41) is 25.6. The second-order valence-electron chi connectivity index (χ2n) is 18.8. The molecule has 6 heterocycles. The minimum absolute atomic E-state index is 0.414. The SMILES string of the molecule is Cc1cc(C#N)cc(-c2cc(-n3c4ccc(-c5nc(C)nc(C)n5)cc4c4cc(-c5nc(C)nc(C)n5)ccc43)c(C#N)cc2-n2c3ccc(-c4nc(C)nc(C)n4)cc3c3cc(-c4nc(C)nc(C)n4)ccc32)c1. The first-order valence-electron chi connectivity index (χ1n) is 24.2. The molecule has 0 saturated carbocycles. The third-order valence-corrected chi connectivity index (χ3v) is 13.2. The normalized spacial score (nSPS) is 11.5. The number of nitriles is 2. The van der Waals surface area contributed by atoms with Crippen LogP contribution in [0.3, 0.4) is 0 Å². The topological polar surface area (TPSA) is 212 Å². The second-order valence-corrected chi connectivity index (χ2v) is 18.8. The Kier molecular flexibility index (Phi) is 10.8. The number of rotatable bonds is 7. The zero-order valence-electron chi connectivity index (χ0n) is 42.5. The Balaban J connectivity index is 1.17. The van der Waals surface area contributed by atoms with Crippen molar-refractivity contribution >= 4 is 43.6 Å². The number of hydrogen-bond acceptors (Lipinski definition) is 14. The van der Waals surface area contributed by atoms with E-state index in [0.29, 0.717) is 86.7 Å². The van der Waals surface area contributed by atoms with Gasteiger partial charge in [-0.1, -0.05) is 6.07 Å². The summed E-state index contributed by atoms with van der Waals surface area (Å²) in [6.07, 6.45) is 0. The second kappa shape index (κ2) is 17.6. The number of nitrogens with zero attached hydrogens (tertiary/aromatic N) is 16. The van der Waals surface area contributed by atoms with Crippen LogP contribution in [0.2, 0.25) is 0 Å². The van der Waals surface area contributed by atoms with Crippen molar-refractivity contribution in [3.05, 3.63) is 166 Å². The summed E-state index contributed by atoms with van der Waals surface area (Å²) in [5.41, 5.74) is 11.5. The Bertz CT molecular complexity index is 4220. The van der Waals surface area contributed by atoms with Crippen molar-refractivity contribution in [1.82, 2.24) is 68.9 Å². The van der Waals surface area contributed by atoms with E-state index in [4.69, 9.17) is 39.9 Å². The Morgan fingerprint density at radius 2 is 0.653 bits per heavy atom. The first kappa shape index (κ1) is 46.0. The summed E-state index contributed by atoms with van der Waals surface area (Å²) in [4.78, 5) is 55.6. The van der Waals surface area contributed by atoms with Gasteiger partial charge in [-0.15, -0.1) is 0 Å². The number of fused-ring (bicyclic) bond motifs is 6. The van der Waals surface area contributed by atoms with Crippen LogP contribution in [0.5, 0.6) is 0 Å². The van der Waals surface area contributed by atoms with Gasteiger partial charge < -0.3 is 9.13 Å². The van der Waals surface area contributed by atoms with E-state index in [2.05, 4.69) is 102 Å². The zero-order chi connectivity index (χ0) is 52.0. The summed E-state index contributed by atoms with van der Waals surface area (Å²) < 4.78 is 4.34. The van der Waals surface area contributed by atoms with Crippen LogP contribution < -0.4 is 0 Å². The third-order valence-electron chi connectivity index (χ3n) is 13.2. The van der Waals surface area contributed by atoms with Gasteiger partial charge in [0.25, 0.3) is 0 Å². The van der Waals surface area contributed by atoms with E-state index in [1.807, 2.05) is 105 Å². The van der Waals surface area contributed by atoms with Gasteiger partial charge in [-0.25, -0.2) is 59.8 Å². The van der Waals surface area contributed by atoms with Crippen molar-refractivity contribution < 1.29 is 0 Å². The fraction of sp³-hybridized carbons (Fsp3) is 0.153. The molecule has 0 atom stereocenters. The van der Waals surface area contributed by atoms with E-state index < -0.39 is 0 Å². The standard InChI is InChI=1S/C59H44N16/c1-29-18-38(27-60)20-43(19-29)45-26-54(74-50-14-10-39(56-66-30(2)62-31(3)67-56)21-46(50)47-22-40(11-15-51(47)74)57-68-32(4)63-33(5)69-57)44(28-61)25-55(45)75-52-16-12-41(58-70-34(6)64-35(7)71-58)23-48(52)49-24-42(13-17-53(49)75)59-72-36(8)65-37(9)73-59/h10-26H,1-9H3. The van der Waals surface area contributed by atoms with Gasteiger partial charge in [0.1, 0.15) is 52.7 Å². The van der Waals surface area contributed by atoms with E-state index in [9.17, 15) is 10.5 Å². The average molecular weight is 977 g/mol. The van der Waals surface area contributed by atoms with Crippen molar-refractivity contribution in [2.24, 2.45) is 0 Å². The van der Waals surface area contributed by atoms with Crippen molar-refractivity contribution in [1.29, 1.82) is 10.5 Å². The fourth-order valence-electron chi connectivity index (χ4n) is 10.4. The molecule has 6 aromatic carbocycles. The molecule has 12 rings (SSSR count). The molecule has 0 aliphatic heterocycles. The summed E-state index contributed by atoms with van der Waals surface area (Å²) in [6, 6.07) is 39.6. The molecular weight excluding hydrogens is 933 g/mol. The van der Waals surface area contributed by atoms with Gasteiger partial charge in [-0.2, -0.15) is 10.5 Å². The average Bonchev–Trinajstić information content (AvgIpc) is 3.93. The van der Waals surface area contributed by atoms with Gasteiger partial charge in [-0.3, -0.25) is 0 Å². The number of hydrogen-bond donors (Lipinski definition) is 0. The van der Waals surface area contributed by atoms with Gasteiger partial charge >= 0.3 is 0 Å². The lowest BCUT2D eigenvalue weighted by Gasteiger charge is -2.19. The molecule has 0 N–H and O–H groups in total. The summed E-state index contributed by atoms with van der Waals surface area (Å²) >= 11 is 0. The Morgan fingerprint density at radius 3 is 0.973 bits per heavy atom. The van der Waals surface area contributed by atoms with E-state index in [-0.39, 0.29) is 0 Å². The first-order chi connectivity index (χ1) is 36.2. The molecule has 0 amide bonds. The molecule has 0 fully saturated rings. The van der Waals surface area contributed by atoms with Gasteiger partial charge in [-0.05, 0) is 171 Å². The van der Waals surface area contributed by atoms with Crippen LogP contribution in [-0.2, 0) is 0 Å². The minimum atomic E-state index is 0.414. The molecule has 16 heteroatoms. The van der Waals surface area contributed by atoms with E-state index >= 15 is 0 Å². The number of benzene rings is 6. The maximum Gasteiger partial charge on any atom is 0.163 e. The maximum atomic E-state index is 11.5. The molecule has 0 unspecified atom stereocenters. The predicted octanol–water partition coefficient (Wildman–Crippen LogP) is 11.5. The van der Waals surface area contributed by atoms with Gasteiger partial charge in [0.05, 0.1) is 50.6 Å². The Hall–Kier alpha value is -10.1. The van der Waals surface area contributed by atoms with E-state index in [1.165, 1.54) is 0 Å². The van der Waals surface area contributed by atoms with Crippen molar-refractivity contribution in [3.63, 3.8) is 0 Å². The molecule has 360 valence electrons. The largest absolute Gasteiger partial charge is 0.309 e. The highest BCUT2D eigenvalue weighted by Crippen LogP contribution is 2.43. The minimum Gasteiger partial charge on any atom is -0.309 e. The number of aryl methyl sites for hydroxylation is 9. The molecule has 12 aromatic rings. The molecule has 0 radical (unpaired) electrons. The van der Waals surface area contributed by atoms with E-state index in [0.717, 1.165) is 88.2 Å². The van der Waals surface area contributed by atoms with Gasteiger partial charge in [0, 0.05) is 49.4 Å². The van der Waals surface area contributed by atoms with Crippen LogP contribution in [0.4, 0.5) is 0 Å². The molecule has 16 nitrogen and oxygen atoms in total. The van der Waals surface area contributed by atoms with Crippen LogP contribution in [0.25, 0.3) is 112 Å². The van der Waals surface area contributed by atoms with Crippen LogP contribution >= 0.6 is 0 Å². The van der Waals surface area contributed by atoms with Gasteiger partial charge in [0.15, 0.2) is 23.3 Å². The van der Waals surface area contributed by atoms with Crippen LogP contribution in [0.15, 0.2) is 103 Å². The molecule has 0 spiro atoms.